The predicted molar refractivity (Wildman–Crippen MR) is 77.4 cm³/mol. The summed E-state index contributed by atoms with van der Waals surface area (Å²) in [6.45, 7) is 2.42. The molecule has 3 nitrogen and oxygen atoms in total. The Balaban J connectivity index is 0.00000162. The van der Waals surface area contributed by atoms with Crippen LogP contribution in [0.25, 0.3) is 0 Å². The van der Waals surface area contributed by atoms with Crippen molar-refractivity contribution in [3.63, 3.8) is 0 Å². The molecule has 0 heterocycles. The third kappa shape index (κ3) is 4.48. The average Bonchev–Trinajstić information content (AvgIpc) is 3.16. The lowest BCUT2D eigenvalue weighted by molar-refractivity contribution is 0.180. The molecule has 1 fully saturated rings. The first kappa shape index (κ1) is 15.3. The summed E-state index contributed by atoms with van der Waals surface area (Å²) in [6, 6.07) is 10.5. The van der Waals surface area contributed by atoms with Gasteiger partial charge in [-0.25, -0.2) is 0 Å². The molecule has 1 unspecified atom stereocenters. The summed E-state index contributed by atoms with van der Waals surface area (Å²) >= 11 is 0. The average molecular weight is 271 g/mol. The second kappa shape index (κ2) is 7.62. The van der Waals surface area contributed by atoms with Crippen molar-refractivity contribution in [2.75, 3.05) is 26.7 Å². The summed E-state index contributed by atoms with van der Waals surface area (Å²) in [6.07, 6.45) is 2.68. The Morgan fingerprint density at radius 2 is 2.00 bits per heavy atom. The second-order valence-corrected chi connectivity index (χ2v) is 4.78. The van der Waals surface area contributed by atoms with E-state index in [9.17, 15) is 0 Å². The van der Waals surface area contributed by atoms with Crippen LogP contribution in [-0.2, 0) is 0 Å². The van der Waals surface area contributed by atoms with Gasteiger partial charge in [0.15, 0.2) is 0 Å². The first-order valence-electron chi connectivity index (χ1n) is 6.39. The number of ether oxygens (including phenoxy) is 1. The van der Waals surface area contributed by atoms with Gasteiger partial charge in [-0.15, -0.1) is 12.4 Å². The number of nitrogens with zero attached hydrogens (tertiary/aromatic N) is 1. The zero-order chi connectivity index (χ0) is 12.1. The van der Waals surface area contributed by atoms with E-state index in [-0.39, 0.29) is 12.4 Å². The maximum absolute atomic E-state index is 5.81. The third-order valence-corrected chi connectivity index (χ3v) is 3.43. The van der Waals surface area contributed by atoms with Crippen molar-refractivity contribution >= 4 is 12.4 Å². The van der Waals surface area contributed by atoms with Crippen molar-refractivity contribution in [1.29, 1.82) is 0 Å². The molecule has 0 aromatic heterocycles. The summed E-state index contributed by atoms with van der Waals surface area (Å²) in [5, 5.41) is 0. The summed E-state index contributed by atoms with van der Waals surface area (Å²) in [5.74, 6) is 1.76. The van der Waals surface area contributed by atoms with Gasteiger partial charge in [-0.1, -0.05) is 18.2 Å². The van der Waals surface area contributed by atoms with E-state index < -0.39 is 0 Å². The van der Waals surface area contributed by atoms with E-state index in [1.54, 1.807) is 0 Å². The standard InChI is InChI=1S/C14H22N2O.ClH/c1-16(14(11-15)12-7-8-12)9-10-17-13-5-3-2-4-6-13;/h2-6,12,14H,7-11,15H2,1H3;1H. The highest BCUT2D eigenvalue weighted by atomic mass is 35.5. The Morgan fingerprint density at radius 3 is 2.56 bits per heavy atom. The molecular formula is C14H23ClN2O. The van der Waals surface area contributed by atoms with Crippen LogP contribution in [0.2, 0.25) is 0 Å². The minimum atomic E-state index is 0. The molecule has 1 aliphatic carbocycles. The molecule has 18 heavy (non-hydrogen) atoms. The highest BCUT2D eigenvalue weighted by Gasteiger charge is 2.32. The zero-order valence-electron chi connectivity index (χ0n) is 10.9. The van der Waals surface area contributed by atoms with Gasteiger partial charge >= 0.3 is 0 Å². The molecule has 1 atom stereocenters. The van der Waals surface area contributed by atoms with Gasteiger partial charge in [0.25, 0.3) is 0 Å². The van der Waals surface area contributed by atoms with Crippen molar-refractivity contribution < 1.29 is 4.74 Å². The Bertz CT molecular complexity index is 330. The maximum atomic E-state index is 5.81. The second-order valence-electron chi connectivity index (χ2n) is 4.78. The predicted octanol–water partition coefficient (Wildman–Crippen LogP) is 2.16. The van der Waals surface area contributed by atoms with Crippen LogP contribution in [0.5, 0.6) is 5.75 Å². The molecule has 0 saturated heterocycles. The van der Waals surface area contributed by atoms with Gasteiger partial charge in [-0.05, 0) is 37.9 Å². The van der Waals surface area contributed by atoms with E-state index in [2.05, 4.69) is 11.9 Å². The maximum Gasteiger partial charge on any atom is 0.119 e. The smallest absolute Gasteiger partial charge is 0.119 e. The van der Waals surface area contributed by atoms with Crippen LogP contribution < -0.4 is 10.5 Å². The van der Waals surface area contributed by atoms with Gasteiger partial charge in [0.2, 0.25) is 0 Å². The van der Waals surface area contributed by atoms with Gasteiger partial charge in [0.1, 0.15) is 12.4 Å². The molecule has 1 aromatic carbocycles. The van der Waals surface area contributed by atoms with Crippen molar-refractivity contribution in [3.8, 4) is 5.75 Å². The van der Waals surface area contributed by atoms with Gasteiger partial charge in [0.05, 0.1) is 0 Å². The van der Waals surface area contributed by atoms with E-state index in [4.69, 9.17) is 10.5 Å². The van der Waals surface area contributed by atoms with Crippen LogP contribution in [-0.4, -0.2) is 37.7 Å². The molecule has 0 bridgehead atoms. The van der Waals surface area contributed by atoms with Crippen LogP contribution in [0.1, 0.15) is 12.8 Å². The topological polar surface area (TPSA) is 38.5 Å². The Kier molecular flexibility index (Phi) is 6.47. The van der Waals surface area contributed by atoms with Crippen molar-refractivity contribution in [2.24, 2.45) is 11.7 Å². The molecule has 1 saturated carbocycles. The van der Waals surface area contributed by atoms with Crippen LogP contribution in [0, 0.1) is 5.92 Å². The molecule has 1 aromatic rings. The third-order valence-electron chi connectivity index (χ3n) is 3.43. The highest BCUT2D eigenvalue weighted by molar-refractivity contribution is 5.85. The number of halogens is 1. The number of benzene rings is 1. The van der Waals surface area contributed by atoms with Crippen molar-refractivity contribution in [1.82, 2.24) is 4.90 Å². The molecular weight excluding hydrogens is 248 g/mol. The minimum Gasteiger partial charge on any atom is -0.492 e. The van der Waals surface area contributed by atoms with Crippen molar-refractivity contribution in [2.45, 2.75) is 18.9 Å². The highest BCUT2D eigenvalue weighted by Crippen LogP contribution is 2.34. The van der Waals surface area contributed by atoms with Crippen molar-refractivity contribution in [3.05, 3.63) is 30.3 Å². The van der Waals surface area contributed by atoms with E-state index in [1.807, 2.05) is 30.3 Å². The zero-order valence-corrected chi connectivity index (χ0v) is 11.7. The Hall–Kier alpha value is -0.770. The van der Waals surface area contributed by atoms with E-state index in [0.29, 0.717) is 6.04 Å². The van der Waals surface area contributed by atoms with Crippen LogP contribution >= 0.6 is 12.4 Å². The number of hydrogen-bond donors (Lipinski definition) is 1. The van der Waals surface area contributed by atoms with E-state index in [0.717, 1.165) is 31.4 Å². The van der Waals surface area contributed by atoms with Crippen LogP contribution in [0.3, 0.4) is 0 Å². The van der Waals surface area contributed by atoms with Crippen LogP contribution in [0.15, 0.2) is 30.3 Å². The summed E-state index contributed by atoms with van der Waals surface area (Å²) in [7, 11) is 2.14. The Labute approximate surface area is 116 Å². The lowest BCUT2D eigenvalue weighted by Crippen LogP contribution is -2.41. The summed E-state index contributed by atoms with van der Waals surface area (Å²) < 4.78 is 5.69. The molecule has 4 heteroatoms. The van der Waals surface area contributed by atoms with Gasteiger partial charge in [-0.3, -0.25) is 4.90 Å². The lowest BCUT2D eigenvalue weighted by atomic mass is 10.1. The minimum absolute atomic E-state index is 0. The molecule has 2 N–H and O–H groups in total. The number of likely N-dealkylation sites (N-methyl/N-ethyl adjacent to an activating group) is 1. The summed E-state index contributed by atoms with van der Waals surface area (Å²) in [5.41, 5.74) is 5.81. The fourth-order valence-electron chi connectivity index (χ4n) is 2.20. The fourth-order valence-corrected chi connectivity index (χ4v) is 2.20. The Morgan fingerprint density at radius 1 is 1.33 bits per heavy atom. The first-order valence-corrected chi connectivity index (χ1v) is 6.39. The molecule has 1 aliphatic rings. The lowest BCUT2D eigenvalue weighted by Gasteiger charge is -2.26. The van der Waals surface area contributed by atoms with E-state index >= 15 is 0 Å². The number of para-hydroxylation sites is 1. The SMILES string of the molecule is CN(CCOc1ccccc1)C(CN)C1CC1.Cl. The van der Waals surface area contributed by atoms with Crippen LogP contribution in [0.4, 0.5) is 0 Å². The van der Waals surface area contributed by atoms with E-state index in [1.165, 1.54) is 12.8 Å². The van der Waals surface area contributed by atoms with Gasteiger partial charge in [0, 0.05) is 19.1 Å². The molecule has 0 amide bonds. The number of nitrogens with two attached hydrogens (primary N) is 1. The monoisotopic (exact) mass is 270 g/mol. The first-order chi connectivity index (χ1) is 8.31. The molecule has 102 valence electrons. The normalized spacial score (nSPS) is 16.2. The summed E-state index contributed by atoms with van der Waals surface area (Å²) in [4.78, 5) is 2.33. The molecule has 0 aliphatic heterocycles. The largest absolute Gasteiger partial charge is 0.492 e. The quantitative estimate of drug-likeness (QED) is 0.825. The molecule has 0 radical (unpaired) electrons. The van der Waals surface area contributed by atoms with Gasteiger partial charge in [-0.2, -0.15) is 0 Å². The molecule has 2 rings (SSSR count). The molecule has 0 spiro atoms. The number of rotatable bonds is 7. The fraction of sp³-hybridized carbons (Fsp3) is 0.571. The number of hydrogen-bond acceptors (Lipinski definition) is 3. The van der Waals surface area contributed by atoms with Gasteiger partial charge < -0.3 is 10.5 Å².